The van der Waals surface area contributed by atoms with Crippen molar-refractivity contribution in [3.63, 3.8) is 0 Å². The molecule has 0 aromatic carbocycles. The maximum atomic E-state index is 5.97. The molecular weight excluding hydrogens is 509 g/mol. The summed E-state index contributed by atoms with van der Waals surface area (Å²) in [5.74, 6) is 1.07. The highest BCUT2D eigenvalue weighted by molar-refractivity contribution is 14.1. The molecule has 1 fully saturated rings. The summed E-state index contributed by atoms with van der Waals surface area (Å²) >= 11 is 2.44. The lowest BCUT2D eigenvalue weighted by Gasteiger charge is -2.35. The van der Waals surface area contributed by atoms with E-state index in [1.807, 2.05) is 10.9 Å². The predicted molar refractivity (Wildman–Crippen MR) is 133 cm³/mol. The van der Waals surface area contributed by atoms with Crippen LogP contribution in [0.25, 0.3) is 3.58 Å². The second-order valence-electron chi connectivity index (χ2n) is 9.22. The molecule has 2 aliphatic heterocycles. The average Bonchev–Trinajstić information content (AvgIpc) is 3.33. The number of anilines is 2. The lowest BCUT2D eigenvalue weighted by molar-refractivity contribution is 0.0796. The van der Waals surface area contributed by atoms with Crippen LogP contribution in [0, 0.1) is 0 Å². The van der Waals surface area contributed by atoms with E-state index in [9.17, 15) is 0 Å². The van der Waals surface area contributed by atoms with Gasteiger partial charge in [-0.1, -0.05) is 25.7 Å². The van der Waals surface area contributed by atoms with Crippen molar-refractivity contribution in [3.05, 3.63) is 36.3 Å². The van der Waals surface area contributed by atoms with Gasteiger partial charge in [-0.15, -0.1) is 0 Å². The maximum absolute atomic E-state index is 5.97. The molecule has 4 heterocycles. The minimum absolute atomic E-state index is 0.355. The van der Waals surface area contributed by atoms with Crippen molar-refractivity contribution in [2.45, 2.75) is 45.4 Å². The molecule has 164 valence electrons. The normalized spacial score (nSPS) is 19.8. The van der Waals surface area contributed by atoms with Crippen molar-refractivity contribution in [2.75, 3.05) is 42.8 Å². The Morgan fingerprint density at radius 1 is 1.30 bits per heavy atom. The quantitative estimate of drug-likeness (QED) is 0.298. The van der Waals surface area contributed by atoms with E-state index in [2.05, 4.69) is 93.4 Å². The number of hydrogen-bond acceptors (Lipinski definition) is 5. The summed E-state index contributed by atoms with van der Waals surface area (Å²) in [5, 5.41) is 6.91. The summed E-state index contributed by atoms with van der Waals surface area (Å²) in [6.45, 7) is 13.9. The molecule has 7 nitrogen and oxygen atoms in total. The third-order valence-corrected chi connectivity index (χ3v) is 8.33. The Hall–Kier alpha value is -1.30. The van der Waals surface area contributed by atoms with E-state index in [4.69, 9.17) is 9.47 Å². The molecule has 2 aromatic heterocycles. The fourth-order valence-electron chi connectivity index (χ4n) is 3.82. The molecule has 4 rings (SSSR count). The first-order valence-corrected chi connectivity index (χ1v) is 15.4. The Morgan fingerprint density at radius 3 is 2.90 bits per heavy atom. The average molecular weight is 542 g/mol. The zero-order chi connectivity index (χ0) is 21.3. The van der Waals surface area contributed by atoms with Gasteiger partial charge in [-0.25, -0.2) is 4.68 Å². The molecule has 1 atom stereocenters. The first-order chi connectivity index (χ1) is 14.3. The second-order valence-corrected chi connectivity index (χ2v) is 16.0. The molecule has 9 heteroatoms. The van der Waals surface area contributed by atoms with E-state index in [0.717, 1.165) is 38.7 Å². The Balaban J connectivity index is 1.54. The van der Waals surface area contributed by atoms with Gasteiger partial charge in [0.05, 0.1) is 43.9 Å². The molecule has 0 saturated carbocycles. The van der Waals surface area contributed by atoms with Crippen LogP contribution in [-0.2, 0) is 16.2 Å². The van der Waals surface area contributed by atoms with Gasteiger partial charge in [0.2, 0.25) is 0 Å². The second kappa shape index (κ2) is 9.05. The fourth-order valence-corrected chi connectivity index (χ4v) is 5.19. The Kier molecular flexibility index (Phi) is 6.61. The van der Waals surface area contributed by atoms with Crippen molar-refractivity contribution in [1.82, 2.24) is 14.5 Å². The third kappa shape index (κ3) is 4.79. The van der Waals surface area contributed by atoms with Crippen LogP contribution >= 0.6 is 22.6 Å². The van der Waals surface area contributed by atoms with Gasteiger partial charge in [0, 0.05) is 42.6 Å². The van der Waals surface area contributed by atoms with Gasteiger partial charge in [0.1, 0.15) is 12.5 Å². The highest BCUT2D eigenvalue weighted by atomic mass is 127. The number of fused-ring (bicyclic) bond motifs is 1. The van der Waals surface area contributed by atoms with Crippen molar-refractivity contribution in [2.24, 2.45) is 0 Å². The summed E-state index contributed by atoms with van der Waals surface area (Å²) in [5.41, 5.74) is 2.47. The fraction of sp³-hybridized carbons (Fsp3) is 0.571. The maximum Gasteiger partial charge on any atom is 0.141 e. The number of aromatic nitrogens is 3. The van der Waals surface area contributed by atoms with Crippen LogP contribution in [0.5, 0.6) is 0 Å². The number of nitrogens with zero attached hydrogens (tertiary/aromatic N) is 5. The molecule has 0 aliphatic carbocycles. The first-order valence-electron chi connectivity index (χ1n) is 10.6. The highest BCUT2D eigenvalue weighted by Crippen LogP contribution is 2.40. The van der Waals surface area contributed by atoms with Crippen molar-refractivity contribution < 1.29 is 9.47 Å². The van der Waals surface area contributed by atoms with Crippen LogP contribution in [0.3, 0.4) is 0 Å². The first kappa shape index (κ1) is 21.9. The molecule has 30 heavy (non-hydrogen) atoms. The largest absolute Gasteiger partial charge is 0.377 e. The van der Waals surface area contributed by atoms with E-state index in [1.165, 1.54) is 20.9 Å². The summed E-state index contributed by atoms with van der Waals surface area (Å²) in [7, 11) is -1.09. The number of rotatable bonds is 7. The summed E-state index contributed by atoms with van der Waals surface area (Å²) in [6, 6.07) is 3.60. The molecule has 0 amide bonds. The van der Waals surface area contributed by atoms with E-state index in [1.54, 1.807) is 0 Å². The van der Waals surface area contributed by atoms with E-state index >= 15 is 0 Å². The molecule has 0 unspecified atom stereocenters. The van der Waals surface area contributed by atoms with Crippen molar-refractivity contribution in [1.29, 1.82) is 0 Å². The van der Waals surface area contributed by atoms with Gasteiger partial charge in [-0.2, -0.15) is 5.10 Å². The Bertz CT molecular complexity index is 904. The van der Waals surface area contributed by atoms with Crippen LogP contribution in [0.4, 0.5) is 11.5 Å². The van der Waals surface area contributed by atoms with Gasteiger partial charge in [-0.05, 0) is 35.6 Å². The van der Waals surface area contributed by atoms with Crippen LogP contribution in [0.1, 0.15) is 12.5 Å². The predicted octanol–water partition coefficient (Wildman–Crippen LogP) is 4.28. The summed E-state index contributed by atoms with van der Waals surface area (Å²) in [4.78, 5) is 2.33. The van der Waals surface area contributed by atoms with Gasteiger partial charge in [0.15, 0.2) is 0 Å². The topological polar surface area (TPSA) is 47.7 Å². The molecule has 2 aliphatic rings. The van der Waals surface area contributed by atoms with Gasteiger partial charge >= 0.3 is 0 Å². The van der Waals surface area contributed by atoms with Crippen LogP contribution in [0.2, 0.25) is 25.7 Å². The molecule has 0 bridgehead atoms. The molecule has 0 radical (unpaired) electrons. The van der Waals surface area contributed by atoms with E-state index in [-0.39, 0.29) is 0 Å². The van der Waals surface area contributed by atoms with Gasteiger partial charge in [0.25, 0.3) is 0 Å². The molecule has 2 aromatic rings. The van der Waals surface area contributed by atoms with E-state index in [0.29, 0.717) is 12.8 Å². The van der Waals surface area contributed by atoms with Crippen LogP contribution < -0.4 is 9.91 Å². The number of halogens is 1. The zero-order valence-electron chi connectivity index (χ0n) is 18.3. The lowest BCUT2D eigenvalue weighted by atomic mass is 10.2. The smallest absolute Gasteiger partial charge is 0.141 e. The Morgan fingerprint density at radius 2 is 2.13 bits per heavy atom. The van der Waals surface area contributed by atoms with Crippen molar-refractivity contribution in [3.8, 4) is 0 Å². The lowest BCUT2D eigenvalue weighted by Crippen LogP contribution is -2.49. The van der Waals surface area contributed by atoms with Gasteiger partial charge < -0.3 is 19.4 Å². The van der Waals surface area contributed by atoms with Crippen LogP contribution in [-0.4, -0.2) is 61.5 Å². The summed E-state index contributed by atoms with van der Waals surface area (Å²) < 4.78 is 17.1. The number of ether oxygens (including phenoxy) is 2. The molecule has 0 spiro atoms. The zero-order valence-corrected chi connectivity index (χ0v) is 21.5. The molecule has 0 N–H and O–H groups in total. The Labute approximate surface area is 193 Å². The minimum atomic E-state index is -1.09. The molecular formula is C21H32IN5O2Si. The summed E-state index contributed by atoms with van der Waals surface area (Å²) in [6.07, 6.45) is 8.62. The third-order valence-electron chi connectivity index (χ3n) is 5.60. The highest BCUT2D eigenvalue weighted by Gasteiger charge is 2.27. The standard InChI is InChI=1S/C21H32IN5O2Si/c1-17-15-28-10-9-27(17)24-13-18-19(22)6-8-25(20(18)14-24)21-5-7-23-26(21)16-29-11-12-30(2,3)4/h5-7,13-14,17H,8-12,15-16H2,1-4H3/t17-/m1/s1. The SMILES string of the molecule is C[C@@H]1COCCN1n1cc2c(c1)N(c1ccnn1COCC[Si](C)(C)C)CC=C2I. The van der Waals surface area contributed by atoms with E-state index < -0.39 is 8.07 Å². The minimum Gasteiger partial charge on any atom is -0.377 e. The monoisotopic (exact) mass is 541 g/mol. The van der Waals surface area contributed by atoms with Crippen molar-refractivity contribution >= 4 is 45.7 Å². The number of morpholine rings is 1. The number of hydrogen-bond donors (Lipinski definition) is 0. The van der Waals surface area contributed by atoms with Crippen LogP contribution in [0.15, 0.2) is 30.7 Å². The van der Waals surface area contributed by atoms with Gasteiger partial charge in [-0.3, -0.25) is 4.68 Å². The molecule has 1 saturated heterocycles.